The van der Waals surface area contributed by atoms with Crippen molar-refractivity contribution < 1.29 is 4.42 Å². The second kappa shape index (κ2) is 6.93. The van der Waals surface area contributed by atoms with Crippen LogP contribution in [-0.2, 0) is 6.42 Å². The average Bonchev–Trinajstić information content (AvgIpc) is 3.22. The summed E-state index contributed by atoms with van der Waals surface area (Å²) in [6, 6.07) is 17.2. The average molecular weight is 345 g/mol. The second-order valence-corrected chi connectivity index (χ2v) is 7.21. The van der Waals surface area contributed by atoms with Gasteiger partial charge in [-0.2, -0.15) is 5.26 Å². The molecule has 1 aromatic heterocycles. The summed E-state index contributed by atoms with van der Waals surface area (Å²) in [5.74, 6) is 0.789. The largest absolute Gasteiger partial charge is 0.441 e. The van der Waals surface area contributed by atoms with Gasteiger partial charge in [0.2, 0.25) is 0 Å². The summed E-state index contributed by atoms with van der Waals surface area (Å²) in [5, 5.41) is 9.32. The third-order valence-electron chi connectivity index (χ3n) is 5.51. The van der Waals surface area contributed by atoms with Gasteiger partial charge in [0.1, 0.15) is 5.52 Å². The van der Waals surface area contributed by atoms with E-state index < -0.39 is 0 Å². The Morgan fingerprint density at radius 2 is 1.92 bits per heavy atom. The Kier molecular flexibility index (Phi) is 4.48. The maximum absolute atomic E-state index is 9.32. The van der Waals surface area contributed by atoms with Crippen molar-refractivity contribution in [1.82, 2.24) is 9.88 Å². The molecule has 0 aliphatic carbocycles. The number of oxazole rings is 1. The number of likely N-dealkylation sites (tertiary alicyclic amines) is 1. The normalized spacial score (nSPS) is 20.5. The molecule has 1 aliphatic heterocycles. The second-order valence-electron chi connectivity index (χ2n) is 7.21. The maximum Gasteiger partial charge on any atom is 0.196 e. The number of rotatable bonds is 4. The van der Waals surface area contributed by atoms with Crippen molar-refractivity contribution in [3.8, 4) is 17.2 Å². The van der Waals surface area contributed by atoms with Crippen molar-refractivity contribution in [3.63, 3.8) is 0 Å². The Morgan fingerprint density at radius 1 is 1.15 bits per heavy atom. The number of hydrogen-bond acceptors (Lipinski definition) is 4. The number of aromatic nitrogens is 1. The lowest BCUT2D eigenvalue weighted by Gasteiger charge is -2.25. The standard InChI is InChI=1S/C22H23N3O/c1-15-7-8-16(2)25(15)12-11-22-24-20-13-17(9-10-21(20)26-22)19-6-4-3-5-18(19)14-23/h3-6,9-10,13,15-16H,7-8,11-12H2,1-2H3/t15-,16-/m1/s1. The van der Waals surface area contributed by atoms with Gasteiger partial charge in [-0.15, -0.1) is 0 Å². The number of fused-ring (bicyclic) bond motifs is 1. The highest BCUT2D eigenvalue weighted by Crippen LogP contribution is 2.28. The van der Waals surface area contributed by atoms with Crippen molar-refractivity contribution in [2.75, 3.05) is 6.54 Å². The highest BCUT2D eigenvalue weighted by molar-refractivity contribution is 5.82. The minimum atomic E-state index is 0.642. The van der Waals surface area contributed by atoms with Gasteiger partial charge in [-0.25, -0.2) is 4.98 Å². The Labute approximate surface area is 154 Å². The first kappa shape index (κ1) is 16.8. The predicted molar refractivity (Wildman–Crippen MR) is 103 cm³/mol. The number of nitrogens with zero attached hydrogens (tertiary/aromatic N) is 3. The van der Waals surface area contributed by atoms with E-state index in [0.717, 1.165) is 41.1 Å². The van der Waals surface area contributed by atoms with Crippen LogP contribution in [0.3, 0.4) is 0 Å². The molecule has 0 unspecified atom stereocenters. The van der Waals surface area contributed by atoms with Crippen LogP contribution in [0.5, 0.6) is 0 Å². The molecule has 4 heteroatoms. The minimum absolute atomic E-state index is 0.642. The first-order valence-electron chi connectivity index (χ1n) is 9.30. The Hall–Kier alpha value is -2.64. The molecule has 1 fully saturated rings. The lowest BCUT2D eigenvalue weighted by Crippen LogP contribution is -2.34. The number of hydrogen-bond donors (Lipinski definition) is 0. The van der Waals surface area contributed by atoms with Gasteiger partial charge in [0, 0.05) is 25.0 Å². The molecule has 0 radical (unpaired) electrons. The van der Waals surface area contributed by atoms with E-state index in [0.29, 0.717) is 17.6 Å². The van der Waals surface area contributed by atoms with Crippen LogP contribution in [0.15, 0.2) is 46.9 Å². The van der Waals surface area contributed by atoms with E-state index in [4.69, 9.17) is 4.42 Å². The molecule has 2 heterocycles. The van der Waals surface area contributed by atoms with E-state index >= 15 is 0 Å². The zero-order chi connectivity index (χ0) is 18.1. The van der Waals surface area contributed by atoms with Gasteiger partial charge in [-0.1, -0.05) is 24.3 Å². The summed E-state index contributed by atoms with van der Waals surface area (Å²) in [6.07, 6.45) is 3.38. The molecule has 2 aromatic carbocycles. The number of benzene rings is 2. The summed E-state index contributed by atoms with van der Waals surface area (Å²) in [7, 11) is 0. The van der Waals surface area contributed by atoms with Crippen LogP contribution in [0.4, 0.5) is 0 Å². The molecule has 0 bridgehead atoms. The summed E-state index contributed by atoms with van der Waals surface area (Å²) < 4.78 is 5.94. The van der Waals surface area contributed by atoms with E-state index in [2.05, 4.69) is 29.8 Å². The Balaban J connectivity index is 1.57. The minimum Gasteiger partial charge on any atom is -0.441 e. The predicted octanol–water partition coefficient (Wildman–Crippen LogP) is 4.78. The molecule has 0 saturated carbocycles. The fourth-order valence-corrected chi connectivity index (χ4v) is 4.00. The van der Waals surface area contributed by atoms with Crippen LogP contribution in [0, 0.1) is 11.3 Å². The molecule has 1 saturated heterocycles. The molecule has 0 amide bonds. The van der Waals surface area contributed by atoms with Crippen molar-refractivity contribution in [3.05, 3.63) is 53.9 Å². The van der Waals surface area contributed by atoms with Crippen LogP contribution in [0.25, 0.3) is 22.2 Å². The van der Waals surface area contributed by atoms with Crippen LogP contribution in [0.1, 0.15) is 38.1 Å². The monoisotopic (exact) mass is 345 g/mol. The third-order valence-corrected chi connectivity index (χ3v) is 5.51. The molecular weight excluding hydrogens is 322 g/mol. The molecule has 3 aromatic rings. The van der Waals surface area contributed by atoms with Crippen LogP contribution in [-0.4, -0.2) is 28.5 Å². The van der Waals surface area contributed by atoms with Crippen LogP contribution < -0.4 is 0 Å². The topological polar surface area (TPSA) is 53.1 Å². The first-order chi connectivity index (χ1) is 12.7. The van der Waals surface area contributed by atoms with Crippen molar-refractivity contribution in [2.24, 2.45) is 0 Å². The Morgan fingerprint density at radius 3 is 2.69 bits per heavy atom. The van der Waals surface area contributed by atoms with Crippen LogP contribution >= 0.6 is 0 Å². The smallest absolute Gasteiger partial charge is 0.196 e. The molecule has 0 N–H and O–H groups in total. The summed E-state index contributed by atoms with van der Waals surface area (Å²) >= 11 is 0. The van der Waals surface area contributed by atoms with Gasteiger partial charge in [-0.05, 0) is 56.0 Å². The van der Waals surface area contributed by atoms with Gasteiger partial charge in [0.05, 0.1) is 11.6 Å². The quantitative estimate of drug-likeness (QED) is 0.683. The lowest BCUT2D eigenvalue weighted by atomic mass is 10.0. The van der Waals surface area contributed by atoms with Crippen molar-refractivity contribution in [2.45, 2.75) is 45.2 Å². The zero-order valence-electron chi connectivity index (χ0n) is 15.3. The van der Waals surface area contributed by atoms with E-state index in [9.17, 15) is 5.26 Å². The Bertz CT molecular complexity index is 959. The van der Waals surface area contributed by atoms with E-state index in [1.54, 1.807) is 0 Å². The SMILES string of the molecule is C[C@@H]1CC[C@@H](C)N1CCc1nc2cc(-c3ccccc3C#N)ccc2o1. The lowest BCUT2D eigenvalue weighted by molar-refractivity contribution is 0.212. The van der Waals surface area contributed by atoms with Gasteiger partial charge >= 0.3 is 0 Å². The van der Waals surface area contributed by atoms with Gasteiger partial charge in [0.25, 0.3) is 0 Å². The van der Waals surface area contributed by atoms with Crippen molar-refractivity contribution in [1.29, 1.82) is 5.26 Å². The molecule has 4 rings (SSSR count). The molecule has 1 aliphatic rings. The van der Waals surface area contributed by atoms with Crippen molar-refractivity contribution >= 4 is 11.1 Å². The fraction of sp³-hybridized carbons (Fsp3) is 0.364. The molecular formula is C22H23N3O. The zero-order valence-corrected chi connectivity index (χ0v) is 15.3. The summed E-state index contributed by atoms with van der Waals surface area (Å²) in [6.45, 7) is 5.59. The summed E-state index contributed by atoms with van der Waals surface area (Å²) in [4.78, 5) is 7.23. The molecule has 132 valence electrons. The molecule has 4 nitrogen and oxygen atoms in total. The van der Waals surface area contributed by atoms with Crippen LogP contribution in [0.2, 0.25) is 0 Å². The number of nitriles is 1. The van der Waals surface area contributed by atoms with Gasteiger partial charge in [-0.3, -0.25) is 4.90 Å². The molecule has 26 heavy (non-hydrogen) atoms. The molecule has 2 atom stereocenters. The molecule has 0 spiro atoms. The van der Waals surface area contributed by atoms with E-state index in [-0.39, 0.29) is 0 Å². The highest BCUT2D eigenvalue weighted by Gasteiger charge is 2.27. The highest BCUT2D eigenvalue weighted by atomic mass is 16.3. The third kappa shape index (κ3) is 3.11. The van der Waals surface area contributed by atoms with Gasteiger partial charge in [0.15, 0.2) is 11.5 Å². The maximum atomic E-state index is 9.32. The van der Waals surface area contributed by atoms with E-state index in [1.807, 2.05) is 42.5 Å². The first-order valence-corrected chi connectivity index (χ1v) is 9.30. The van der Waals surface area contributed by atoms with Gasteiger partial charge < -0.3 is 4.42 Å². The summed E-state index contributed by atoms with van der Waals surface area (Å²) in [5.41, 5.74) is 4.26. The fourth-order valence-electron chi connectivity index (χ4n) is 4.00. The van der Waals surface area contributed by atoms with E-state index in [1.165, 1.54) is 12.8 Å².